The second-order valence-electron chi connectivity index (χ2n) is 4.27. The quantitative estimate of drug-likeness (QED) is 0.802. The number of amides is 1. The van der Waals surface area contributed by atoms with Gasteiger partial charge < -0.3 is 15.2 Å². The van der Waals surface area contributed by atoms with Gasteiger partial charge in [0, 0.05) is 6.42 Å². The van der Waals surface area contributed by atoms with Gasteiger partial charge in [0.05, 0.1) is 0 Å². The largest absolute Gasteiger partial charge is 0.480 e. The topological polar surface area (TPSA) is 75.6 Å². The second kappa shape index (κ2) is 6.17. The monoisotopic (exact) mass is 251 g/mol. The summed E-state index contributed by atoms with van der Waals surface area (Å²) in [5.74, 6) is -1.41. The molecule has 7 heteroatoms. The molecule has 0 aliphatic rings. The van der Waals surface area contributed by atoms with Crippen molar-refractivity contribution in [1.29, 1.82) is 0 Å². The summed E-state index contributed by atoms with van der Waals surface area (Å²) in [5, 5.41) is 10.7. The van der Waals surface area contributed by atoms with Crippen LogP contribution in [0.4, 0.5) is 13.6 Å². The molecular formula is C10H15F2NO4. The van der Waals surface area contributed by atoms with E-state index in [1.165, 1.54) is 0 Å². The molecule has 0 rings (SSSR count). The molecule has 0 aromatic heterocycles. The van der Waals surface area contributed by atoms with Crippen molar-refractivity contribution in [3.05, 3.63) is 12.2 Å². The zero-order valence-electron chi connectivity index (χ0n) is 9.79. The minimum atomic E-state index is -2.00. The summed E-state index contributed by atoms with van der Waals surface area (Å²) >= 11 is 0. The molecular weight excluding hydrogens is 236 g/mol. The average Bonchev–Trinajstić information content (AvgIpc) is 2.08. The first-order valence-corrected chi connectivity index (χ1v) is 4.85. The van der Waals surface area contributed by atoms with Crippen LogP contribution < -0.4 is 5.32 Å². The number of carbonyl (C=O) groups is 2. The molecule has 0 radical (unpaired) electrons. The molecule has 0 heterocycles. The fraction of sp³-hybridized carbons (Fsp3) is 0.600. The minimum absolute atomic E-state index is 0.427. The van der Waals surface area contributed by atoms with Gasteiger partial charge in [-0.25, -0.2) is 9.59 Å². The number of hydrogen-bond acceptors (Lipinski definition) is 3. The van der Waals surface area contributed by atoms with Gasteiger partial charge in [-0.2, -0.15) is 8.78 Å². The maximum Gasteiger partial charge on any atom is 0.408 e. The summed E-state index contributed by atoms with van der Waals surface area (Å²) in [4.78, 5) is 21.9. The van der Waals surface area contributed by atoms with Crippen LogP contribution in [0.5, 0.6) is 0 Å². The van der Waals surface area contributed by atoms with Crippen molar-refractivity contribution in [1.82, 2.24) is 5.32 Å². The lowest BCUT2D eigenvalue weighted by atomic mass is 10.2. The maximum atomic E-state index is 11.8. The van der Waals surface area contributed by atoms with Gasteiger partial charge in [0.2, 0.25) is 0 Å². The fourth-order valence-electron chi connectivity index (χ4n) is 0.878. The summed E-state index contributed by atoms with van der Waals surface area (Å²) < 4.78 is 28.4. The molecule has 0 saturated heterocycles. The van der Waals surface area contributed by atoms with Crippen molar-refractivity contribution < 1.29 is 28.2 Å². The van der Waals surface area contributed by atoms with Gasteiger partial charge in [-0.15, -0.1) is 0 Å². The van der Waals surface area contributed by atoms with Gasteiger partial charge in [0.1, 0.15) is 11.6 Å². The van der Waals surface area contributed by atoms with Crippen molar-refractivity contribution in [3.63, 3.8) is 0 Å². The van der Waals surface area contributed by atoms with Crippen molar-refractivity contribution >= 4 is 12.1 Å². The normalized spacial score (nSPS) is 12.5. The van der Waals surface area contributed by atoms with Gasteiger partial charge in [-0.1, -0.05) is 0 Å². The molecule has 2 N–H and O–H groups in total. The molecule has 17 heavy (non-hydrogen) atoms. The highest BCUT2D eigenvalue weighted by molar-refractivity contribution is 5.80. The number of carboxylic acid groups (broad SMARTS) is 1. The lowest BCUT2D eigenvalue weighted by Gasteiger charge is -2.21. The Morgan fingerprint density at radius 1 is 1.41 bits per heavy atom. The van der Waals surface area contributed by atoms with E-state index >= 15 is 0 Å². The summed E-state index contributed by atoms with van der Waals surface area (Å²) in [6.45, 7) is 4.80. The van der Waals surface area contributed by atoms with Gasteiger partial charge in [0.15, 0.2) is 0 Å². The van der Waals surface area contributed by atoms with Gasteiger partial charge in [0.25, 0.3) is 6.08 Å². The van der Waals surface area contributed by atoms with E-state index in [1.807, 2.05) is 5.32 Å². The molecule has 0 fully saturated rings. The second-order valence-corrected chi connectivity index (χ2v) is 4.27. The van der Waals surface area contributed by atoms with Crippen LogP contribution >= 0.6 is 0 Å². The average molecular weight is 251 g/mol. The first-order chi connectivity index (χ1) is 7.61. The number of ether oxygens (including phenoxy) is 1. The molecule has 0 spiro atoms. The zero-order chi connectivity index (χ0) is 13.6. The number of hydrogen-bond donors (Lipinski definition) is 2. The van der Waals surface area contributed by atoms with Gasteiger partial charge in [-0.05, 0) is 26.8 Å². The van der Waals surface area contributed by atoms with Crippen LogP contribution in [-0.2, 0) is 9.53 Å². The Kier molecular flexibility index (Phi) is 5.57. The Bertz CT molecular complexity index is 319. The number of carboxylic acids is 1. The lowest BCUT2D eigenvalue weighted by molar-refractivity contribution is -0.139. The van der Waals surface area contributed by atoms with Crippen LogP contribution in [0.1, 0.15) is 27.2 Å². The molecule has 0 saturated carbocycles. The first-order valence-electron chi connectivity index (χ1n) is 4.85. The summed E-state index contributed by atoms with van der Waals surface area (Å²) in [5.41, 5.74) is -0.783. The Hall–Kier alpha value is -1.66. The molecule has 1 atom stereocenters. The minimum Gasteiger partial charge on any atom is -0.480 e. The van der Waals surface area contributed by atoms with E-state index in [0.29, 0.717) is 6.08 Å². The third kappa shape index (κ3) is 8.18. The molecule has 0 aromatic carbocycles. The lowest BCUT2D eigenvalue weighted by Crippen LogP contribution is -2.43. The van der Waals surface area contributed by atoms with Crippen LogP contribution in [0, 0.1) is 0 Å². The van der Waals surface area contributed by atoms with E-state index in [1.54, 1.807) is 20.8 Å². The predicted octanol–water partition coefficient (Wildman–Crippen LogP) is 2.13. The number of rotatable bonds is 4. The number of halogens is 2. The fourth-order valence-corrected chi connectivity index (χ4v) is 0.878. The van der Waals surface area contributed by atoms with Crippen molar-refractivity contribution in [3.8, 4) is 0 Å². The zero-order valence-corrected chi connectivity index (χ0v) is 9.79. The van der Waals surface area contributed by atoms with E-state index in [-0.39, 0.29) is 0 Å². The Morgan fingerprint density at radius 2 is 1.94 bits per heavy atom. The Morgan fingerprint density at radius 3 is 2.29 bits per heavy atom. The maximum absolute atomic E-state index is 11.8. The first kappa shape index (κ1) is 15.3. The number of nitrogens with one attached hydrogen (secondary N) is 1. The summed E-state index contributed by atoms with van der Waals surface area (Å²) in [7, 11) is 0. The standard InChI is InChI=1S/C10H15F2NO4/c1-10(2,3)17-9(16)13-6(8(14)15)4-5-7(11)12/h5-6H,4H2,1-3H3,(H,13,16)(H,14,15). The smallest absolute Gasteiger partial charge is 0.408 e. The van der Waals surface area contributed by atoms with E-state index < -0.39 is 36.2 Å². The number of aliphatic carboxylic acids is 1. The highest BCUT2D eigenvalue weighted by Gasteiger charge is 2.23. The van der Waals surface area contributed by atoms with Crippen LogP contribution in [0.2, 0.25) is 0 Å². The van der Waals surface area contributed by atoms with E-state index in [4.69, 9.17) is 9.84 Å². The van der Waals surface area contributed by atoms with Crippen molar-refractivity contribution in [2.75, 3.05) is 0 Å². The van der Waals surface area contributed by atoms with Crippen molar-refractivity contribution in [2.24, 2.45) is 0 Å². The van der Waals surface area contributed by atoms with E-state index in [2.05, 4.69) is 0 Å². The van der Waals surface area contributed by atoms with E-state index in [9.17, 15) is 18.4 Å². The molecule has 1 unspecified atom stereocenters. The third-order valence-corrected chi connectivity index (χ3v) is 1.50. The SMILES string of the molecule is CC(C)(C)OC(=O)NC(CC=C(F)F)C(=O)O. The van der Waals surface area contributed by atoms with Crippen LogP contribution in [-0.4, -0.2) is 28.8 Å². The Balaban J connectivity index is 4.41. The number of alkyl carbamates (subject to hydrolysis) is 1. The van der Waals surface area contributed by atoms with Crippen LogP contribution in [0.25, 0.3) is 0 Å². The molecule has 5 nitrogen and oxygen atoms in total. The predicted molar refractivity (Wildman–Crippen MR) is 55.7 cm³/mol. The summed E-state index contributed by atoms with van der Waals surface area (Å²) in [6, 6.07) is -1.44. The highest BCUT2D eigenvalue weighted by Crippen LogP contribution is 2.08. The van der Waals surface area contributed by atoms with Crippen molar-refractivity contribution in [2.45, 2.75) is 38.8 Å². The van der Waals surface area contributed by atoms with Crippen LogP contribution in [0.3, 0.4) is 0 Å². The highest BCUT2D eigenvalue weighted by atomic mass is 19.3. The molecule has 1 amide bonds. The van der Waals surface area contributed by atoms with Gasteiger partial charge in [-0.3, -0.25) is 0 Å². The Labute approximate surface area is 97.4 Å². The molecule has 98 valence electrons. The molecule has 0 aromatic rings. The summed E-state index contributed by atoms with van der Waals surface area (Å²) in [6.07, 6.45) is -3.03. The van der Waals surface area contributed by atoms with Crippen LogP contribution in [0.15, 0.2) is 12.2 Å². The molecule has 0 aliphatic heterocycles. The van der Waals surface area contributed by atoms with Gasteiger partial charge >= 0.3 is 12.1 Å². The number of carbonyl (C=O) groups excluding carboxylic acids is 1. The molecule has 0 bridgehead atoms. The molecule has 0 aliphatic carbocycles. The third-order valence-electron chi connectivity index (χ3n) is 1.50. The van der Waals surface area contributed by atoms with E-state index in [0.717, 1.165) is 0 Å².